The molecule has 1 saturated heterocycles. The van der Waals surface area contributed by atoms with Crippen molar-refractivity contribution in [1.82, 2.24) is 5.32 Å². The number of nitrogens with one attached hydrogen (secondary N) is 1. The Labute approximate surface area is 91.3 Å². The van der Waals surface area contributed by atoms with Gasteiger partial charge in [-0.05, 0) is 18.6 Å². The van der Waals surface area contributed by atoms with E-state index in [1.807, 2.05) is 37.3 Å². The summed E-state index contributed by atoms with van der Waals surface area (Å²) in [5, 5.41) is 2.50. The Balaban J connectivity index is 2.13. The fourth-order valence-electron chi connectivity index (χ4n) is 1.69. The number of hydrogen-bond donors (Lipinski definition) is 1. The molecular formula is C11H13NO2S. The van der Waals surface area contributed by atoms with Gasteiger partial charge >= 0.3 is 0 Å². The highest BCUT2D eigenvalue weighted by Gasteiger charge is 2.42. The maximum absolute atomic E-state index is 12.0. The van der Waals surface area contributed by atoms with Gasteiger partial charge in [-0.2, -0.15) is 0 Å². The van der Waals surface area contributed by atoms with Crippen LogP contribution in [0, 0.1) is 5.92 Å². The molecule has 1 aromatic carbocycles. The van der Waals surface area contributed by atoms with E-state index in [-0.39, 0.29) is 17.2 Å². The first-order valence-electron chi connectivity index (χ1n) is 5.00. The predicted octanol–water partition coefficient (Wildman–Crippen LogP) is 1.28. The third-order valence-corrected chi connectivity index (χ3v) is 4.28. The summed E-state index contributed by atoms with van der Waals surface area (Å²) in [6.45, 7) is 1.94. The second-order valence-corrected chi connectivity index (χ2v) is 5.13. The monoisotopic (exact) mass is 223 g/mol. The fourth-order valence-corrected chi connectivity index (χ4v) is 3.25. The van der Waals surface area contributed by atoms with Gasteiger partial charge in [-0.25, -0.2) is 0 Å². The first-order valence-corrected chi connectivity index (χ1v) is 6.21. The Bertz CT molecular complexity index is 391. The number of β-lactam (4-membered cyclic amide) rings is 1. The molecule has 1 aromatic rings. The minimum Gasteiger partial charge on any atom is -0.340 e. The van der Waals surface area contributed by atoms with E-state index in [0.717, 1.165) is 11.3 Å². The first kappa shape index (κ1) is 10.4. The van der Waals surface area contributed by atoms with Gasteiger partial charge in [0, 0.05) is 4.90 Å². The number of hydrogen-bond acceptors (Lipinski definition) is 2. The molecule has 0 aromatic heterocycles. The molecule has 1 heterocycles. The van der Waals surface area contributed by atoms with Crippen molar-refractivity contribution in [1.29, 1.82) is 0 Å². The molecular weight excluding hydrogens is 210 g/mol. The standard InChI is InChI=1S/C11H13NO2S/c1-2-9-10(13)12-11(9)15(14)8-6-4-3-5-7-8/h3-7,9,11H,2H2,1H3,(H,12,13)/t9-,11+,15?/m0/s1. The van der Waals surface area contributed by atoms with Gasteiger partial charge in [0.05, 0.1) is 16.7 Å². The fraction of sp³-hybridized carbons (Fsp3) is 0.364. The molecule has 3 nitrogen and oxygen atoms in total. The van der Waals surface area contributed by atoms with Crippen molar-refractivity contribution >= 4 is 16.7 Å². The van der Waals surface area contributed by atoms with Crippen LogP contribution in [0.2, 0.25) is 0 Å². The normalized spacial score (nSPS) is 26.6. The van der Waals surface area contributed by atoms with E-state index in [9.17, 15) is 9.00 Å². The third kappa shape index (κ3) is 1.81. The van der Waals surface area contributed by atoms with E-state index in [1.54, 1.807) is 0 Å². The van der Waals surface area contributed by atoms with Gasteiger partial charge in [0.15, 0.2) is 0 Å². The highest BCUT2D eigenvalue weighted by molar-refractivity contribution is 7.85. The van der Waals surface area contributed by atoms with E-state index >= 15 is 0 Å². The molecule has 1 fully saturated rings. The predicted molar refractivity (Wildman–Crippen MR) is 58.6 cm³/mol. The Morgan fingerprint density at radius 1 is 1.33 bits per heavy atom. The maximum Gasteiger partial charge on any atom is 0.227 e. The van der Waals surface area contributed by atoms with Crippen LogP contribution in [0.3, 0.4) is 0 Å². The van der Waals surface area contributed by atoms with Crippen LogP contribution in [-0.4, -0.2) is 15.5 Å². The van der Waals surface area contributed by atoms with E-state index in [2.05, 4.69) is 5.32 Å². The molecule has 0 aliphatic carbocycles. The highest BCUT2D eigenvalue weighted by atomic mass is 32.2. The number of rotatable bonds is 3. The first-order chi connectivity index (χ1) is 7.24. The van der Waals surface area contributed by atoms with E-state index in [0.29, 0.717) is 0 Å². The Hall–Kier alpha value is -1.16. The molecule has 0 bridgehead atoms. The van der Waals surface area contributed by atoms with Crippen LogP contribution in [-0.2, 0) is 15.6 Å². The van der Waals surface area contributed by atoms with Crippen molar-refractivity contribution in [2.24, 2.45) is 5.92 Å². The Kier molecular flexibility index (Phi) is 2.86. The molecule has 1 aliphatic rings. The summed E-state index contributed by atoms with van der Waals surface area (Å²) in [5.74, 6) is -0.0715. The van der Waals surface area contributed by atoms with Crippen molar-refractivity contribution in [2.45, 2.75) is 23.6 Å². The van der Waals surface area contributed by atoms with Gasteiger partial charge in [-0.1, -0.05) is 25.1 Å². The molecule has 2 rings (SSSR count). The zero-order valence-corrected chi connectivity index (χ0v) is 9.29. The molecule has 0 spiro atoms. The van der Waals surface area contributed by atoms with Gasteiger partial charge in [0.2, 0.25) is 5.91 Å². The van der Waals surface area contributed by atoms with Crippen LogP contribution in [0.15, 0.2) is 35.2 Å². The minimum atomic E-state index is -1.12. The molecule has 1 N–H and O–H groups in total. The second-order valence-electron chi connectivity index (χ2n) is 3.55. The van der Waals surface area contributed by atoms with Gasteiger partial charge in [-0.3, -0.25) is 9.00 Å². The summed E-state index contributed by atoms with van der Waals surface area (Å²) in [4.78, 5) is 11.9. The maximum atomic E-state index is 12.0. The Morgan fingerprint density at radius 2 is 2.00 bits per heavy atom. The molecule has 15 heavy (non-hydrogen) atoms. The van der Waals surface area contributed by atoms with Crippen LogP contribution in [0.1, 0.15) is 13.3 Å². The molecule has 1 unspecified atom stereocenters. The summed E-state index contributed by atoms with van der Waals surface area (Å²) in [5.41, 5.74) is 0. The van der Waals surface area contributed by atoms with E-state index < -0.39 is 10.8 Å². The second kappa shape index (κ2) is 4.14. The lowest BCUT2D eigenvalue weighted by Crippen LogP contribution is -2.59. The number of carbonyl (C=O) groups is 1. The van der Waals surface area contributed by atoms with Crippen molar-refractivity contribution in [2.75, 3.05) is 0 Å². The summed E-state index contributed by atoms with van der Waals surface area (Å²) in [7, 11) is -1.12. The quantitative estimate of drug-likeness (QED) is 0.784. The van der Waals surface area contributed by atoms with Crippen LogP contribution >= 0.6 is 0 Å². The average Bonchev–Trinajstić information content (AvgIpc) is 2.26. The topological polar surface area (TPSA) is 46.2 Å². The van der Waals surface area contributed by atoms with Crippen molar-refractivity contribution in [3.63, 3.8) is 0 Å². The molecule has 4 heteroatoms. The lowest BCUT2D eigenvalue weighted by Gasteiger charge is -2.35. The zero-order chi connectivity index (χ0) is 10.8. The average molecular weight is 223 g/mol. The summed E-state index contributed by atoms with van der Waals surface area (Å²) < 4.78 is 12.0. The SMILES string of the molecule is CC[C@H]1C(=O)N[C@@H]1S(=O)c1ccccc1. The Morgan fingerprint density at radius 3 is 2.53 bits per heavy atom. The van der Waals surface area contributed by atoms with Crippen molar-refractivity contribution in [3.05, 3.63) is 30.3 Å². The van der Waals surface area contributed by atoms with Crippen LogP contribution < -0.4 is 5.32 Å². The zero-order valence-electron chi connectivity index (χ0n) is 8.47. The lowest BCUT2D eigenvalue weighted by atomic mass is 9.99. The van der Waals surface area contributed by atoms with Crippen LogP contribution in [0.4, 0.5) is 0 Å². The molecule has 3 atom stereocenters. The van der Waals surface area contributed by atoms with Gasteiger partial charge in [0.1, 0.15) is 5.37 Å². The summed E-state index contributed by atoms with van der Waals surface area (Å²) in [6.07, 6.45) is 0.745. The van der Waals surface area contributed by atoms with Gasteiger partial charge in [-0.15, -0.1) is 0 Å². The van der Waals surface area contributed by atoms with Gasteiger partial charge in [0.25, 0.3) is 0 Å². The summed E-state index contributed by atoms with van der Waals surface area (Å²) in [6, 6.07) is 9.25. The molecule has 1 amide bonds. The highest BCUT2D eigenvalue weighted by Crippen LogP contribution is 2.25. The molecule has 1 aliphatic heterocycles. The van der Waals surface area contributed by atoms with Crippen LogP contribution in [0.25, 0.3) is 0 Å². The smallest absolute Gasteiger partial charge is 0.227 e. The van der Waals surface area contributed by atoms with Crippen LogP contribution in [0.5, 0.6) is 0 Å². The van der Waals surface area contributed by atoms with E-state index in [4.69, 9.17) is 0 Å². The third-order valence-electron chi connectivity index (χ3n) is 2.63. The molecule has 0 radical (unpaired) electrons. The summed E-state index contributed by atoms with van der Waals surface area (Å²) >= 11 is 0. The largest absolute Gasteiger partial charge is 0.340 e. The number of benzene rings is 1. The molecule has 80 valence electrons. The van der Waals surface area contributed by atoms with Gasteiger partial charge < -0.3 is 5.32 Å². The van der Waals surface area contributed by atoms with Crippen molar-refractivity contribution in [3.8, 4) is 0 Å². The number of amides is 1. The minimum absolute atomic E-state index is 0.0202. The lowest BCUT2D eigenvalue weighted by molar-refractivity contribution is -0.132. The number of carbonyl (C=O) groups excluding carboxylic acids is 1. The van der Waals surface area contributed by atoms with E-state index in [1.165, 1.54) is 0 Å². The molecule has 0 saturated carbocycles. The van der Waals surface area contributed by atoms with Crippen molar-refractivity contribution < 1.29 is 9.00 Å².